The Balaban J connectivity index is 2.22. The van der Waals surface area contributed by atoms with E-state index < -0.39 is 18.3 Å². The fraction of sp³-hybridized carbons (Fsp3) is 0.438. The average Bonchev–Trinajstić information content (AvgIpc) is 3.03. The Morgan fingerprint density at radius 1 is 1.14 bits per heavy atom. The molecule has 0 unspecified atom stereocenters. The summed E-state index contributed by atoms with van der Waals surface area (Å²) in [6, 6.07) is 9.78. The van der Waals surface area contributed by atoms with Crippen molar-refractivity contribution >= 4 is 0 Å². The van der Waals surface area contributed by atoms with Gasteiger partial charge in [-0.2, -0.15) is 5.10 Å². The van der Waals surface area contributed by atoms with Gasteiger partial charge in [-0.15, -0.1) is 0 Å². The van der Waals surface area contributed by atoms with E-state index in [1.165, 1.54) is 14.2 Å². The van der Waals surface area contributed by atoms with Crippen molar-refractivity contribution in [3.8, 4) is 5.69 Å². The molecule has 3 atom stereocenters. The van der Waals surface area contributed by atoms with Gasteiger partial charge < -0.3 is 19.3 Å². The van der Waals surface area contributed by atoms with Crippen molar-refractivity contribution in [1.29, 1.82) is 0 Å². The summed E-state index contributed by atoms with van der Waals surface area (Å²) in [7, 11) is 4.65. The molecule has 0 saturated heterocycles. The third kappa shape index (κ3) is 3.72. The lowest BCUT2D eigenvalue weighted by Crippen LogP contribution is -2.37. The molecule has 0 fully saturated rings. The highest BCUT2D eigenvalue weighted by molar-refractivity contribution is 5.31. The molecule has 1 heterocycles. The highest BCUT2D eigenvalue weighted by atomic mass is 16.5. The van der Waals surface area contributed by atoms with Gasteiger partial charge in [0.05, 0.1) is 18.5 Å². The highest BCUT2D eigenvalue weighted by Gasteiger charge is 2.30. The molecular formula is C16H22N2O4. The number of ether oxygens (including phenoxy) is 3. The Bertz CT molecular complexity index is 558. The first-order chi connectivity index (χ1) is 10.7. The van der Waals surface area contributed by atoms with Gasteiger partial charge in [0.2, 0.25) is 0 Å². The largest absolute Gasteiger partial charge is 0.388 e. The Morgan fingerprint density at radius 3 is 2.45 bits per heavy atom. The third-order valence-corrected chi connectivity index (χ3v) is 3.49. The van der Waals surface area contributed by atoms with Crippen molar-refractivity contribution in [3.05, 3.63) is 48.3 Å². The zero-order valence-corrected chi connectivity index (χ0v) is 13.0. The van der Waals surface area contributed by atoms with E-state index in [0.29, 0.717) is 0 Å². The number of hydrogen-bond acceptors (Lipinski definition) is 5. The summed E-state index contributed by atoms with van der Waals surface area (Å²) >= 11 is 0. The Labute approximate surface area is 130 Å². The first-order valence-corrected chi connectivity index (χ1v) is 7.03. The molecule has 2 aromatic rings. The first-order valence-electron chi connectivity index (χ1n) is 7.03. The average molecular weight is 306 g/mol. The van der Waals surface area contributed by atoms with E-state index in [1.54, 1.807) is 18.0 Å². The maximum Gasteiger partial charge on any atom is 0.116 e. The summed E-state index contributed by atoms with van der Waals surface area (Å²) < 4.78 is 17.7. The normalized spacial score (nSPS) is 15.5. The fourth-order valence-corrected chi connectivity index (χ4v) is 2.41. The van der Waals surface area contributed by atoms with Crippen molar-refractivity contribution in [2.24, 2.45) is 0 Å². The van der Waals surface area contributed by atoms with Crippen LogP contribution < -0.4 is 0 Å². The SMILES string of the molecule is COC[C@@H](O)[C@@H](OC)[C@H](OC)c1cnn(-c2ccccc2)c1. The first kappa shape index (κ1) is 16.6. The lowest BCUT2D eigenvalue weighted by Gasteiger charge is -2.27. The van der Waals surface area contributed by atoms with Gasteiger partial charge >= 0.3 is 0 Å². The number of rotatable bonds is 8. The minimum atomic E-state index is -0.792. The monoisotopic (exact) mass is 306 g/mol. The molecule has 1 N–H and O–H groups in total. The Kier molecular flexibility index (Phi) is 6.09. The predicted molar refractivity (Wildman–Crippen MR) is 82.0 cm³/mol. The lowest BCUT2D eigenvalue weighted by atomic mass is 10.0. The van der Waals surface area contributed by atoms with Gasteiger partial charge in [0.25, 0.3) is 0 Å². The summed E-state index contributed by atoms with van der Waals surface area (Å²) in [6.45, 7) is 0.172. The molecule has 0 aliphatic carbocycles. The number of benzene rings is 1. The minimum Gasteiger partial charge on any atom is -0.388 e. The smallest absolute Gasteiger partial charge is 0.116 e. The molecular weight excluding hydrogens is 284 g/mol. The highest BCUT2D eigenvalue weighted by Crippen LogP contribution is 2.25. The topological polar surface area (TPSA) is 65.7 Å². The lowest BCUT2D eigenvalue weighted by molar-refractivity contribution is -0.113. The number of aromatic nitrogens is 2. The molecule has 0 saturated carbocycles. The Hall–Kier alpha value is -1.73. The standard InChI is InChI=1S/C16H22N2O4/c1-20-11-14(19)16(22-3)15(21-2)12-9-17-18(10-12)13-7-5-4-6-8-13/h4-10,14-16,19H,11H2,1-3H3/t14-,15-,16-/m1/s1. The van der Waals surface area contributed by atoms with E-state index in [0.717, 1.165) is 11.3 Å². The molecule has 120 valence electrons. The second-order valence-corrected chi connectivity index (χ2v) is 4.93. The summed E-state index contributed by atoms with van der Waals surface area (Å²) in [5.74, 6) is 0. The van der Waals surface area contributed by atoms with Gasteiger partial charge in [-0.3, -0.25) is 0 Å². The van der Waals surface area contributed by atoms with Crippen LogP contribution in [-0.2, 0) is 14.2 Å². The van der Waals surface area contributed by atoms with E-state index in [1.807, 2.05) is 36.5 Å². The van der Waals surface area contributed by atoms with Crippen molar-refractivity contribution < 1.29 is 19.3 Å². The minimum absolute atomic E-state index is 0.172. The van der Waals surface area contributed by atoms with Gasteiger partial charge in [-0.05, 0) is 12.1 Å². The van der Waals surface area contributed by atoms with Crippen LogP contribution in [0.25, 0.3) is 5.69 Å². The van der Waals surface area contributed by atoms with Crippen LogP contribution in [0.5, 0.6) is 0 Å². The molecule has 0 spiro atoms. The number of nitrogens with zero attached hydrogens (tertiary/aromatic N) is 2. The fourth-order valence-electron chi connectivity index (χ4n) is 2.41. The van der Waals surface area contributed by atoms with Gasteiger partial charge in [0.1, 0.15) is 18.3 Å². The van der Waals surface area contributed by atoms with Gasteiger partial charge in [-0.25, -0.2) is 4.68 Å². The summed E-state index contributed by atoms with van der Waals surface area (Å²) in [5.41, 5.74) is 1.78. The molecule has 6 heteroatoms. The van der Waals surface area contributed by atoms with Crippen molar-refractivity contribution in [3.63, 3.8) is 0 Å². The van der Waals surface area contributed by atoms with Crippen LogP contribution in [0.2, 0.25) is 0 Å². The number of para-hydroxylation sites is 1. The van der Waals surface area contributed by atoms with Crippen molar-refractivity contribution in [1.82, 2.24) is 9.78 Å². The van der Waals surface area contributed by atoms with Crippen LogP contribution in [0.4, 0.5) is 0 Å². The molecule has 0 aliphatic heterocycles. The summed E-state index contributed by atoms with van der Waals surface area (Å²) in [5, 5.41) is 14.5. The summed E-state index contributed by atoms with van der Waals surface area (Å²) in [4.78, 5) is 0. The maximum absolute atomic E-state index is 10.1. The van der Waals surface area contributed by atoms with Gasteiger partial charge in [0.15, 0.2) is 0 Å². The molecule has 1 aromatic carbocycles. The number of aliphatic hydroxyl groups is 1. The second kappa shape index (κ2) is 8.05. The van der Waals surface area contributed by atoms with E-state index in [4.69, 9.17) is 14.2 Å². The van der Waals surface area contributed by atoms with Crippen LogP contribution >= 0.6 is 0 Å². The van der Waals surface area contributed by atoms with E-state index in [9.17, 15) is 5.11 Å². The molecule has 2 rings (SSSR count). The molecule has 22 heavy (non-hydrogen) atoms. The molecule has 0 aliphatic rings. The van der Waals surface area contributed by atoms with E-state index in [-0.39, 0.29) is 6.61 Å². The third-order valence-electron chi connectivity index (χ3n) is 3.49. The van der Waals surface area contributed by atoms with Crippen molar-refractivity contribution in [2.75, 3.05) is 27.9 Å². The molecule has 0 bridgehead atoms. The van der Waals surface area contributed by atoms with Crippen molar-refractivity contribution in [2.45, 2.75) is 18.3 Å². The molecule has 6 nitrogen and oxygen atoms in total. The zero-order chi connectivity index (χ0) is 15.9. The van der Waals surface area contributed by atoms with E-state index in [2.05, 4.69) is 5.10 Å². The van der Waals surface area contributed by atoms with E-state index >= 15 is 0 Å². The molecule has 0 amide bonds. The maximum atomic E-state index is 10.1. The van der Waals surface area contributed by atoms with Crippen LogP contribution in [0.3, 0.4) is 0 Å². The van der Waals surface area contributed by atoms with Gasteiger partial charge in [-0.1, -0.05) is 18.2 Å². The van der Waals surface area contributed by atoms with Crippen LogP contribution in [0.15, 0.2) is 42.7 Å². The zero-order valence-electron chi connectivity index (χ0n) is 13.0. The number of methoxy groups -OCH3 is 3. The molecule has 1 aromatic heterocycles. The van der Waals surface area contributed by atoms with Crippen LogP contribution in [-0.4, -0.2) is 55.0 Å². The number of aliphatic hydroxyl groups excluding tert-OH is 1. The Morgan fingerprint density at radius 2 is 1.86 bits per heavy atom. The van der Waals surface area contributed by atoms with Crippen LogP contribution in [0.1, 0.15) is 11.7 Å². The number of hydrogen-bond donors (Lipinski definition) is 1. The van der Waals surface area contributed by atoms with Gasteiger partial charge in [0, 0.05) is 33.1 Å². The van der Waals surface area contributed by atoms with Crippen LogP contribution in [0, 0.1) is 0 Å². The second-order valence-electron chi connectivity index (χ2n) is 4.93. The molecule has 0 radical (unpaired) electrons. The quantitative estimate of drug-likeness (QED) is 0.802. The predicted octanol–water partition coefficient (Wildman–Crippen LogP) is 1.58. The summed E-state index contributed by atoms with van der Waals surface area (Å²) in [6.07, 6.45) is 1.81.